The first-order valence-corrected chi connectivity index (χ1v) is 5.88. The van der Waals surface area contributed by atoms with Gasteiger partial charge < -0.3 is 0 Å². The number of carbonyl (C=O) groups is 1. The Morgan fingerprint density at radius 2 is 2.36 bits per heavy atom. The van der Waals surface area contributed by atoms with E-state index in [-0.39, 0.29) is 5.91 Å². The fraction of sp³-hybridized carbons (Fsp3) is 0.125. The van der Waals surface area contributed by atoms with Gasteiger partial charge in [-0.05, 0) is 11.4 Å². The third-order valence-corrected chi connectivity index (χ3v) is 3.73. The van der Waals surface area contributed by atoms with Gasteiger partial charge in [-0.15, -0.1) is 21.5 Å². The van der Waals surface area contributed by atoms with Crippen LogP contribution >= 0.6 is 23.1 Å². The molecule has 0 spiro atoms. The molecular formula is C8H5N3OS2. The predicted octanol–water partition coefficient (Wildman–Crippen LogP) is 1.75. The van der Waals surface area contributed by atoms with E-state index in [1.165, 1.54) is 11.8 Å². The zero-order chi connectivity index (χ0) is 9.54. The molecule has 0 amide bonds. The number of thioether (sulfide) groups is 1. The number of rotatable bonds is 1. The molecule has 2 aromatic rings. The highest BCUT2D eigenvalue weighted by atomic mass is 32.2. The van der Waals surface area contributed by atoms with Crippen molar-refractivity contribution >= 4 is 29.0 Å². The summed E-state index contributed by atoms with van der Waals surface area (Å²) in [4.78, 5) is 12.5. The van der Waals surface area contributed by atoms with Gasteiger partial charge in [0.05, 0.1) is 10.6 Å². The summed E-state index contributed by atoms with van der Waals surface area (Å²) in [5.74, 6) is 1.21. The van der Waals surface area contributed by atoms with Gasteiger partial charge in [-0.2, -0.15) is 0 Å². The van der Waals surface area contributed by atoms with E-state index in [9.17, 15) is 4.79 Å². The van der Waals surface area contributed by atoms with E-state index >= 15 is 0 Å². The monoisotopic (exact) mass is 223 g/mol. The van der Waals surface area contributed by atoms with Crippen LogP contribution < -0.4 is 0 Å². The third kappa shape index (κ3) is 1.04. The van der Waals surface area contributed by atoms with Crippen LogP contribution in [0, 0.1) is 0 Å². The van der Waals surface area contributed by atoms with Gasteiger partial charge >= 0.3 is 0 Å². The SMILES string of the molecule is O=C1CSc2nnc(-c3cccs3)n21. The lowest BCUT2D eigenvalue weighted by Crippen LogP contribution is -2.08. The van der Waals surface area contributed by atoms with Gasteiger partial charge in [0.25, 0.3) is 0 Å². The number of carbonyl (C=O) groups excluding carboxylic acids is 1. The van der Waals surface area contributed by atoms with Crippen LogP contribution in [0.25, 0.3) is 10.7 Å². The van der Waals surface area contributed by atoms with Gasteiger partial charge in [0.2, 0.25) is 5.91 Å². The van der Waals surface area contributed by atoms with E-state index in [1.807, 2.05) is 17.5 Å². The fourth-order valence-corrected chi connectivity index (χ4v) is 2.84. The lowest BCUT2D eigenvalue weighted by atomic mass is 10.4. The molecule has 0 atom stereocenters. The summed E-state index contributed by atoms with van der Waals surface area (Å²) in [6.07, 6.45) is 0. The van der Waals surface area contributed by atoms with Crippen molar-refractivity contribution in [1.82, 2.24) is 14.8 Å². The molecule has 0 aromatic carbocycles. The molecule has 0 unspecified atom stereocenters. The van der Waals surface area contributed by atoms with Gasteiger partial charge in [0.15, 0.2) is 11.0 Å². The third-order valence-electron chi connectivity index (χ3n) is 1.95. The molecule has 0 bridgehead atoms. The zero-order valence-corrected chi connectivity index (χ0v) is 8.64. The topological polar surface area (TPSA) is 47.8 Å². The Hall–Kier alpha value is -1.14. The maximum Gasteiger partial charge on any atom is 0.244 e. The van der Waals surface area contributed by atoms with E-state index in [4.69, 9.17) is 0 Å². The van der Waals surface area contributed by atoms with Crippen LogP contribution in [0.3, 0.4) is 0 Å². The van der Waals surface area contributed by atoms with Gasteiger partial charge in [-0.1, -0.05) is 17.8 Å². The summed E-state index contributed by atoms with van der Waals surface area (Å²) in [7, 11) is 0. The standard InChI is InChI=1S/C8H5N3OS2/c12-6-4-14-8-10-9-7(11(6)8)5-2-1-3-13-5/h1-3H,4H2. The molecule has 0 saturated carbocycles. The van der Waals surface area contributed by atoms with Crippen LogP contribution in [-0.4, -0.2) is 26.4 Å². The minimum atomic E-state index is 0.0680. The minimum absolute atomic E-state index is 0.0680. The number of nitrogens with zero attached hydrogens (tertiary/aromatic N) is 3. The second-order valence-corrected chi connectivity index (χ2v) is 4.69. The molecule has 70 valence electrons. The van der Waals surface area contributed by atoms with E-state index in [2.05, 4.69) is 10.2 Å². The van der Waals surface area contributed by atoms with Gasteiger partial charge in [-0.3, -0.25) is 4.79 Å². The number of aromatic nitrogens is 3. The van der Waals surface area contributed by atoms with Crippen molar-refractivity contribution in [1.29, 1.82) is 0 Å². The molecule has 4 nitrogen and oxygen atoms in total. The first-order chi connectivity index (χ1) is 6.86. The molecule has 0 aliphatic carbocycles. The van der Waals surface area contributed by atoms with Crippen molar-refractivity contribution in [2.45, 2.75) is 5.16 Å². The van der Waals surface area contributed by atoms with E-state index in [0.29, 0.717) is 16.7 Å². The molecule has 3 heterocycles. The highest BCUT2D eigenvalue weighted by Crippen LogP contribution is 2.30. The average Bonchev–Trinajstić information content (AvgIpc) is 2.84. The normalized spacial score (nSPS) is 14.7. The van der Waals surface area contributed by atoms with Crippen LogP contribution in [0.15, 0.2) is 22.7 Å². The van der Waals surface area contributed by atoms with Crippen LogP contribution in [0.5, 0.6) is 0 Å². The van der Waals surface area contributed by atoms with Crippen LogP contribution in [0.4, 0.5) is 0 Å². The average molecular weight is 223 g/mol. The molecule has 2 aromatic heterocycles. The molecule has 0 fully saturated rings. The van der Waals surface area contributed by atoms with E-state index in [1.54, 1.807) is 15.9 Å². The molecule has 1 aliphatic heterocycles. The highest BCUT2D eigenvalue weighted by molar-refractivity contribution is 8.00. The minimum Gasteiger partial charge on any atom is -0.273 e. The smallest absolute Gasteiger partial charge is 0.244 e. The van der Waals surface area contributed by atoms with Gasteiger partial charge in [0, 0.05) is 0 Å². The van der Waals surface area contributed by atoms with Crippen molar-refractivity contribution < 1.29 is 4.79 Å². The summed E-state index contributed by atoms with van der Waals surface area (Å²) in [5, 5.41) is 10.6. The quantitative estimate of drug-likeness (QED) is 0.739. The Labute approximate surface area is 88.0 Å². The lowest BCUT2D eigenvalue weighted by Gasteiger charge is -1.96. The van der Waals surface area contributed by atoms with Crippen LogP contribution in [-0.2, 0) is 0 Å². The summed E-state index contributed by atoms with van der Waals surface area (Å²) >= 11 is 3.00. The summed E-state index contributed by atoms with van der Waals surface area (Å²) in [6.45, 7) is 0. The molecule has 14 heavy (non-hydrogen) atoms. The Morgan fingerprint density at radius 1 is 1.43 bits per heavy atom. The molecule has 0 radical (unpaired) electrons. The van der Waals surface area contributed by atoms with Gasteiger partial charge in [0.1, 0.15) is 0 Å². The zero-order valence-electron chi connectivity index (χ0n) is 7.01. The highest BCUT2D eigenvalue weighted by Gasteiger charge is 2.26. The molecule has 0 N–H and O–H groups in total. The number of fused-ring (bicyclic) bond motifs is 1. The van der Waals surface area contributed by atoms with Crippen molar-refractivity contribution in [3.05, 3.63) is 17.5 Å². The predicted molar refractivity (Wildman–Crippen MR) is 54.7 cm³/mol. The molecular weight excluding hydrogens is 218 g/mol. The molecule has 3 rings (SSSR count). The molecule has 0 saturated heterocycles. The Morgan fingerprint density at radius 3 is 3.14 bits per heavy atom. The van der Waals surface area contributed by atoms with Crippen molar-refractivity contribution in [2.24, 2.45) is 0 Å². The van der Waals surface area contributed by atoms with E-state index in [0.717, 1.165) is 4.88 Å². The first-order valence-electron chi connectivity index (χ1n) is 4.01. The maximum absolute atomic E-state index is 11.5. The number of hydrogen-bond acceptors (Lipinski definition) is 5. The van der Waals surface area contributed by atoms with Crippen molar-refractivity contribution in [2.75, 3.05) is 5.75 Å². The van der Waals surface area contributed by atoms with Crippen LogP contribution in [0.2, 0.25) is 0 Å². The van der Waals surface area contributed by atoms with E-state index < -0.39 is 0 Å². The second kappa shape index (κ2) is 2.93. The fourth-order valence-electron chi connectivity index (χ4n) is 1.34. The van der Waals surface area contributed by atoms with Crippen LogP contribution in [0.1, 0.15) is 4.79 Å². The lowest BCUT2D eigenvalue weighted by molar-refractivity contribution is 0.0941. The number of hydrogen-bond donors (Lipinski definition) is 0. The summed E-state index contributed by atoms with van der Waals surface area (Å²) < 4.78 is 1.59. The Bertz CT molecular complexity index is 489. The summed E-state index contributed by atoms with van der Waals surface area (Å²) in [6, 6.07) is 3.88. The van der Waals surface area contributed by atoms with Crippen molar-refractivity contribution in [3.63, 3.8) is 0 Å². The summed E-state index contributed by atoms with van der Waals surface area (Å²) in [5.41, 5.74) is 0. The Kier molecular flexibility index (Phi) is 1.71. The molecule has 1 aliphatic rings. The molecule has 6 heteroatoms. The maximum atomic E-state index is 11.5. The Balaban J connectivity index is 2.21. The second-order valence-electron chi connectivity index (χ2n) is 2.80. The van der Waals surface area contributed by atoms with Gasteiger partial charge in [-0.25, -0.2) is 4.57 Å². The van der Waals surface area contributed by atoms with Crippen molar-refractivity contribution in [3.8, 4) is 10.7 Å². The largest absolute Gasteiger partial charge is 0.273 e. The first kappa shape index (κ1) is 8.19. The number of thiophene rings is 1.